The summed E-state index contributed by atoms with van der Waals surface area (Å²) < 4.78 is 12.8. The third-order valence-electron chi connectivity index (χ3n) is 3.94. The van der Waals surface area contributed by atoms with Crippen molar-refractivity contribution in [1.82, 2.24) is 4.90 Å². The van der Waals surface area contributed by atoms with Crippen LogP contribution in [-0.4, -0.2) is 30.3 Å². The quantitative estimate of drug-likeness (QED) is 0.758. The molecule has 1 fully saturated rings. The van der Waals surface area contributed by atoms with Crippen molar-refractivity contribution < 1.29 is 9.18 Å². The second-order valence-corrected chi connectivity index (χ2v) is 5.44. The molecule has 1 heterocycles. The molecule has 3 heteroatoms. The molecule has 2 rings (SSSR count). The van der Waals surface area contributed by atoms with Crippen molar-refractivity contribution in [1.29, 1.82) is 0 Å². The Hall–Kier alpha value is -1.22. The molecule has 104 valence electrons. The Morgan fingerprint density at radius 2 is 1.89 bits per heavy atom. The highest BCUT2D eigenvalue weighted by atomic mass is 19.1. The third-order valence-corrected chi connectivity index (χ3v) is 3.94. The van der Waals surface area contributed by atoms with E-state index in [1.807, 2.05) is 0 Å². The maximum atomic E-state index is 12.8. The number of Topliss-reactive ketones (excluding diaryl/α,β-unsaturated/α-hetero) is 1. The molecule has 0 spiro atoms. The van der Waals surface area contributed by atoms with Crippen LogP contribution >= 0.6 is 0 Å². The minimum Gasteiger partial charge on any atom is -0.296 e. The number of rotatable bonds is 5. The topological polar surface area (TPSA) is 20.3 Å². The molecule has 0 atom stereocenters. The summed E-state index contributed by atoms with van der Waals surface area (Å²) in [5, 5.41) is 0. The van der Waals surface area contributed by atoms with Crippen molar-refractivity contribution >= 4 is 5.78 Å². The van der Waals surface area contributed by atoms with E-state index in [0.717, 1.165) is 19.0 Å². The second-order valence-electron chi connectivity index (χ2n) is 5.44. The van der Waals surface area contributed by atoms with E-state index >= 15 is 0 Å². The van der Waals surface area contributed by atoms with E-state index in [9.17, 15) is 9.18 Å². The molecule has 1 aliphatic heterocycles. The molecule has 1 aliphatic rings. The van der Waals surface area contributed by atoms with E-state index in [1.165, 1.54) is 37.8 Å². The van der Waals surface area contributed by atoms with E-state index in [4.69, 9.17) is 0 Å². The third kappa shape index (κ3) is 4.13. The van der Waals surface area contributed by atoms with Crippen LogP contribution in [0.5, 0.6) is 0 Å². The summed E-state index contributed by atoms with van der Waals surface area (Å²) in [4.78, 5) is 14.3. The Morgan fingerprint density at radius 3 is 2.47 bits per heavy atom. The van der Waals surface area contributed by atoms with Crippen molar-refractivity contribution in [3.8, 4) is 0 Å². The van der Waals surface area contributed by atoms with Crippen LogP contribution in [0.1, 0.15) is 43.0 Å². The second kappa shape index (κ2) is 6.80. The van der Waals surface area contributed by atoms with E-state index < -0.39 is 0 Å². The van der Waals surface area contributed by atoms with E-state index in [0.29, 0.717) is 12.1 Å². The lowest BCUT2D eigenvalue weighted by Crippen LogP contribution is -2.37. The molecular weight excluding hydrogens is 241 g/mol. The number of benzene rings is 1. The summed E-state index contributed by atoms with van der Waals surface area (Å²) >= 11 is 0. The minimum absolute atomic E-state index is 0.0916. The first kappa shape index (κ1) is 14.2. The summed E-state index contributed by atoms with van der Waals surface area (Å²) in [7, 11) is 0. The van der Waals surface area contributed by atoms with Crippen molar-refractivity contribution in [2.24, 2.45) is 5.92 Å². The van der Waals surface area contributed by atoms with Crippen LogP contribution in [0.4, 0.5) is 4.39 Å². The first-order chi connectivity index (χ1) is 9.19. The molecule has 0 bridgehead atoms. The van der Waals surface area contributed by atoms with Gasteiger partial charge in [-0.1, -0.05) is 19.8 Å². The Balaban J connectivity index is 1.82. The standard InChI is InChI=1S/C16H22FNO/c1-2-3-13-8-10-18(11-9-13)12-16(19)14-4-6-15(17)7-5-14/h4-7,13H,2-3,8-12H2,1H3. The Morgan fingerprint density at radius 1 is 1.26 bits per heavy atom. The van der Waals surface area contributed by atoms with Gasteiger partial charge in [-0.05, 0) is 56.1 Å². The van der Waals surface area contributed by atoms with Crippen LogP contribution in [0.2, 0.25) is 0 Å². The zero-order valence-corrected chi connectivity index (χ0v) is 11.6. The van der Waals surface area contributed by atoms with Gasteiger partial charge in [-0.15, -0.1) is 0 Å². The average Bonchev–Trinajstić information content (AvgIpc) is 2.42. The predicted octanol–water partition coefficient (Wildman–Crippen LogP) is 3.52. The van der Waals surface area contributed by atoms with Crippen LogP contribution in [0, 0.1) is 11.7 Å². The van der Waals surface area contributed by atoms with Gasteiger partial charge in [-0.2, -0.15) is 0 Å². The minimum atomic E-state index is -0.295. The highest BCUT2D eigenvalue weighted by Crippen LogP contribution is 2.21. The fraction of sp³-hybridized carbons (Fsp3) is 0.562. The summed E-state index contributed by atoms with van der Waals surface area (Å²) in [5.74, 6) is 0.632. The number of carbonyl (C=O) groups is 1. The van der Waals surface area contributed by atoms with Gasteiger partial charge in [0.2, 0.25) is 0 Å². The number of hydrogen-bond acceptors (Lipinski definition) is 2. The van der Waals surface area contributed by atoms with Gasteiger partial charge in [0.15, 0.2) is 5.78 Å². The maximum Gasteiger partial charge on any atom is 0.176 e. The lowest BCUT2D eigenvalue weighted by molar-refractivity contribution is 0.0893. The molecule has 0 unspecified atom stereocenters. The van der Waals surface area contributed by atoms with Gasteiger partial charge in [0.05, 0.1) is 6.54 Å². The van der Waals surface area contributed by atoms with E-state index in [-0.39, 0.29) is 11.6 Å². The Bertz CT molecular complexity index is 407. The highest BCUT2D eigenvalue weighted by molar-refractivity contribution is 5.97. The number of likely N-dealkylation sites (tertiary alicyclic amines) is 1. The monoisotopic (exact) mass is 263 g/mol. The Kier molecular flexibility index (Phi) is 5.08. The molecule has 1 saturated heterocycles. The van der Waals surface area contributed by atoms with Gasteiger partial charge < -0.3 is 0 Å². The maximum absolute atomic E-state index is 12.8. The molecule has 0 radical (unpaired) electrons. The molecule has 1 aromatic carbocycles. The number of hydrogen-bond donors (Lipinski definition) is 0. The zero-order valence-electron chi connectivity index (χ0n) is 11.6. The zero-order chi connectivity index (χ0) is 13.7. The average molecular weight is 263 g/mol. The number of nitrogens with zero attached hydrogens (tertiary/aromatic N) is 1. The van der Waals surface area contributed by atoms with Crippen LogP contribution in [0.15, 0.2) is 24.3 Å². The van der Waals surface area contributed by atoms with E-state index in [2.05, 4.69) is 11.8 Å². The highest BCUT2D eigenvalue weighted by Gasteiger charge is 2.20. The van der Waals surface area contributed by atoms with Crippen molar-refractivity contribution in [2.45, 2.75) is 32.6 Å². The van der Waals surface area contributed by atoms with Crippen molar-refractivity contribution in [3.05, 3.63) is 35.6 Å². The smallest absolute Gasteiger partial charge is 0.176 e. The van der Waals surface area contributed by atoms with Crippen LogP contribution < -0.4 is 0 Å². The molecule has 0 saturated carbocycles. The fourth-order valence-electron chi connectivity index (χ4n) is 2.77. The van der Waals surface area contributed by atoms with Crippen LogP contribution in [-0.2, 0) is 0 Å². The SMILES string of the molecule is CCCC1CCN(CC(=O)c2ccc(F)cc2)CC1. The Labute approximate surface area is 114 Å². The number of piperidine rings is 1. The summed E-state index contributed by atoms with van der Waals surface area (Å²) in [6.45, 7) is 4.71. The summed E-state index contributed by atoms with van der Waals surface area (Å²) in [6.07, 6.45) is 4.95. The fourth-order valence-corrected chi connectivity index (χ4v) is 2.77. The van der Waals surface area contributed by atoms with Crippen molar-refractivity contribution in [3.63, 3.8) is 0 Å². The molecular formula is C16H22FNO. The molecule has 0 N–H and O–H groups in total. The summed E-state index contributed by atoms with van der Waals surface area (Å²) in [6, 6.07) is 5.84. The van der Waals surface area contributed by atoms with Gasteiger partial charge in [0, 0.05) is 5.56 Å². The summed E-state index contributed by atoms with van der Waals surface area (Å²) in [5.41, 5.74) is 0.608. The van der Waals surface area contributed by atoms with Crippen LogP contribution in [0.25, 0.3) is 0 Å². The molecule has 19 heavy (non-hydrogen) atoms. The number of carbonyl (C=O) groups excluding carboxylic acids is 1. The van der Waals surface area contributed by atoms with Gasteiger partial charge in [-0.25, -0.2) is 4.39 Å². The molecule has 2 nitrogen and oxygen atoms in total. The normalized spacial score (nSPS) is 17.6. The van der Waals surface area contributed by atoms with Gasteiger partial charge >= 0.3 is 0 Å². The first-order valence-electron chi connectivity index (χ1n) is 7.20. The number of ketones is 1. The van der Waals surface area contributed by atoms with Gasteiger partial charge in [0.25, 0.3) is 0 Å². The number of halogens is 1. The predicted molar refractivity (Wildman–Crippen MR) is 74.8 cm³/mol. The lowest BCUT2D eigenvalue weighted by Gasteiger charge is -2.31. The molecule has 0 amide bonds. The van der Waals surface area contributed by atoms with E-state index in [1.54, 1.807) is 12.1 Å². The molecule has 0 aromatic heterocycles. The van der Waals surface area contributed by atoms with Gasteiger partial charge in [0.1, 0.15) is 5.82 Å². The van der Waals surface area contributed by atoms with Gasteiger partial charge in [-0.3, -0.25) is 9.69 Å². The molecule has 1 aromatic rings. The lowest BCUT2D eigenvalue weighted by atomic mass is 9.92. The first-order valence-corrected chi connectivity index (χ1v) is 7.20. The largest absolute Gasteiger partial charge is 0.296 e. The van der Waals surface area contributed by atoms with Crippen LogP contribution in [0.3, 0.4) is 0 Å². The van der Waals surface area contributed by atoms with Crippen molar-refractivity contribution in [2.75, 3.05) is 19.6 Å². The molecule has 0 aliphatic carbocycles.